The largest absolute Gasteiger partial charge is 0.325 e. The first kappa shape index (κ1) is 18.0. The molecule has 4 rings (SSSR count). The average molecular weight is 385 g/mol. The summed E-state index contributed by atoms with van der Waals surface area (Å²) in [6, 6.07) is 13.1. The molecule has 0 spiro atoms. The molecule has 6 heteroatoms. The Bertz CT molecular complexity index is 999. The number of amides is 2. The van der Waals surface area contributed by atoms with E-state index in [2.05, 4.69) is 6.07 Å². The lowest BCUT2D eigenvalue weighted by Gasteiger charge is -2.23. The summed E-state index contributed by atoms with van der Waals surface area (Å²) < 4.78 is 24.7. The number of nitrogens with zero attached hydrogens (tertiary/aromatic N) is 2. The molecule has 0 bridgehead atoms. The minimum absolute atomic E-state index is 0.0284. The maximum atomic E-state index is 13.3. The van der Waals surface area contributed by atoms with Gasteiger partial charge < -0.3 is 4.90 Å². The van der Waals surface area contributed by atoms with Crippen LogP contribution >= 0.6 is 0 Å². The average Bonchev–Trinajstić information content (AvgIpc) is 3.03. The lowest BCUT2D eigenvalue weighted by Crippen LogP contribution is -2.37. The molecule has 2 unspecified atom stereocenters. The van der Waals surface area contributed by atoms with Crippen molar-refractivity contribution in [1.82, 2.24) is 4.90 Å². The van der Waals surface area contributed by atoms with E-state index in [-0.39, 0.29) is 29.6 Å². The zero-order valence-electron chi connectivity index (χ0n) is 15.8. The second-order valence-corrected chi connectivity index (χ2v) is 9.91. The van der Waals surface area contributed by atoms with Crippen molar-refractivity contribution in [3.63, 3.8) is 0 Å². The topological polar surface area (TPSA) is 57.7 Å². The van der Waals surface area contributed by atoms with Crippen LogP contribution in [-0.2, 0) is 16.4 Å². The van der Waals surface area contributed by atoms with Gasteiger partial charge in [0.2, 0.25) is 0 Å². The maximum absolute atomic E-state index is 13.3. The zero-order valence-corrected chi connectivity index (χ0v) is 16.7. The van der Waals surface area contributed by atoms with Gasteiger partial charge in [-0.1, -0.05) is 41.5 Å². The fourth-order valence-electron chi connectivity index (χ4n) is 4.12. The summed E-state index contributed by atoms with van der Waals surface area (Å²) in [4.78, 5) is 16.7. The van der Waals surface area contributed by atoms with Crippen LogP contribution < -0.4 is 4.90 Å². The number of rotatable bonds is 3. The molecule has 0 aromatic heterocycles. The van der Waals surface area contributed by atoms with Gasteiger partial charge >= 0.3 is 6.03 Å². The van der Waals surface area contributed by atoms with E-state index in [9.17, 15) is 13.2 Å². The molecular formula is C21H24N2O3S. The van der Waals surface area contributed by atoms with Crippen LogP contribution in [0.25, 0.3) is 0 Å². The van der Waals surface area contributed by atoms with Crippen LogP contribution in [0.5, 0.6) is 0 Å². The highest BCUT2D eigenvalue weighted by atomic mass is 32.2. The third-order valence-electron chi connectivity index (χ3n) is 5.63. The van der Waals surface area contributed by atoms with Crippen LogP contribution in [-0.4, -0.2) is 42.9 Å². The number of benzene rings is 2. The van der Waals surface area contributed by atoms with Crippen molar-refractivity contribution in [1.29, 1.82) is 0 Å². The smallest absolute Gasteiger partial charge is 0.314 e. The first-order valence-electron chi connectivity index (χ1n) is 9.18. The van der Waals surface area contributed by atoms with Crippen molar-refractivity contribution >= 4 is 21.6 Å². The van der Waals surface area contributed by atoms with Gasteiger partial charge in [0.05, 0.1) is 23.6 Å². The van der Waals surface area contributed by atoms with Gasteiger partial charge in [0, 0.05) is 12.2 Å². The van der Waals surface area contributed by atoms with Gasteiger partial charge in [-0.05, 0) is 44.0 Å². The Balaban J connectivity index is 1.72. The minimum atomic E-state index is -3.16. The number of aryl methyl sites for hydroxylation is 3. The van der Waals surface area contributed by atoms with Crippen molar-refractivity contribution in [2.45, 2.75) is 39.4 Å². The molecule has 2 aliphatic heterocycles. The second-order valence-electron chi connectivity index (χ2n) is 7.76. The normalized spacial score (nSPS) is 23.7. The summed E-state index contributed by atoms with van der Waals surface area (Å²) in [5.74, 6) is 0.0667. The maximum Gasteiger partial charge on any atom is 0.325 e. The van der Waals surface area contributed by atoms with Crippen molar-refractivity contribution in [3.8, 4) is 0 Å². The van der Waals surface area contributed by atoms with Crippen LogP contribution in [0.3, 0.4) is 0 Å². The summed E-state index contributed by atoms with van der Waals surface area (Å²) in [6.45, 7) is 6.47. The first-order chi connectivity index (χ1) is 12.7. The predicted molar refractivity (Wildman–Crippen MR) is 107 cm³/mol. The number of carbonyl (C=O) groups is 1. The Hall–Kier alpha value is -2.34. The number of sulfone groups is 1. The Labute approximate surface area is 160 Å². The molecule has 2 amide bonds. The molecule has 142 valence electrons. The number of hydrogen-bond acceptors (Lipinski definition) is 3. The molecule has 5 nitrogen and oxygen atoms in total. The molecule has 0 aliphatic carbocycles. The van der Waals surface area contributed by atoms with E-state index >= 15 is 0 Å². The van der Waals surface area contributed by atoms with Crippen LogP contribution in [0.15, 0.2) is 42.5 Å². The monoisotopic (exact) mass is 384 g/mol. The second kappa shape index (κ2) is 6.37. The standard InChI is InChI=1S/C21H24N2O3S/c1-14-5-8-18(9-6-14)23-20-13-27(25,26)12-19(20)22(21(23)24)11-17-10-15(2)4-7-16(17)3/h4-10,19-20H,11-13H2,1-3H3. The fourth-order valence-corrected chi connectivity index (χ4v) is 6.07. The lowest BCUT2D eigenvalue weighted by molar-refractivity contribution is 0.205. The minimum Gasteiger partial charge on any atom is -0.314 e. The third-order valence-corrected chi connectivity index (χ3v) is 7.33. The van der Waals surface area contributed by atoms with Crippen molar-refractivity contribution in [2.75, 3.05) is 16.4 Å². The Morgan fingerprint density at radius 1 is 0.926 bits per heavy atom. The van der Waals surface area contributed by atoms with Crippen LogP contribution in [0, 0.1) is 20.8 Å². The van der Waals surface area contributed by atoms with Crippen molar-refractivity contribution < 1.29 is 13.2 Å². The number of carbonyl (C=O) groups excluding carboxylic acids is 1. The van der Waals surface area contributed by atoms with Gasteiger partial charge in [-0.3, -0.25) is 4.90 Å². The van der Waals surface area contributed by atoms with E-state index in [1.807, 2.05) is 57.2 Å². The molecule has 2 aliphatic rings. The Morgan fingerprint density at radius 3 is 2.26 bits per heavy atom. The van der Waals surface area contributed by atoms with Gasteiger partial charge in [-0.25, -0.2) is 13.2 Å². The summed E-state index contributed by atoms with van der Waals surface area (Å²) in [6.07, 6.45) is 0. The van der Waals surface area contributed by atoms with Crippen LogP contribution in [0.2, 0.25) is 0 Å². The molecule has 2 aromatic rings. The molecule has 2 heterocycles. The molecule has 27 heavy (non-hydrogen) atoms. The number of hydrogen-bond donors (Lipinski definition) is 0. The third kappa shape index (κ3) is 3.23. The van der Waals surface area contributed by atoms with E-state index < -0.39 is 9.84 Å². The molecule has 2 atom stereocenters. The van der Waals surface area contributed by atoms with E-state index in [1.165, 1.54) is 0 Å². The van der Waals surface area contributed by atoms with Gasteiger partial charge in [-0.2, -0.15) is 0 Å². The van der Waals surface area contributed by atoms with E-state index in [0.29, 0.717) is 6.54 Å². The van der Waals surface area contributed by atoms with E-state index in [4.69, 9.17) is 0 Å². The fraction of sp³-hybridized carbons (Fsp3) is 0.381. The highest BCUT2D eigenvalue weighted by Gasteiger charge is 2.53. The van der Waals surface area contributed by atoms with Crippen molar-refractivity contribution in [2.24, 2.45) is 0 Å². The molecule has 0 radical (unpaired) electrons. The zero-order chi connectivity index (χ0) is 19.3. The Morgan fingerprint density at radius 2 is 1.56 bits per heavy atom. The van der Waals surface area contributed by atoms with Gasteiger partial charge in [0.15, 0.2) is 9.84 Å². The Kier molecular flexibility index (Phi) is 4.26. The molecule has 2 saturated heterocycles. The van der Waals surface area contributed by atoms with Crippen molar-refractivity contribution in [3.05, 3.63) is 64.7 Å². The quantitative estimate of drug-likeness (QED) is 0.764. The predicted octanol–water partition coefficient (Wildman–Crippen LogP) is 3.22. The summed E-state index contributed by atoms with van der Waals surface area (Å²) in [5.41, 5.74) is 5.18. The molecule has 0 saturated carbocycles. The molecule has 2 aromatic carbocycles. The first-order valence-corrected chi connectivity index (χ1v) is 11.0. The van der Waals surface area contributed by atoms with Gasteiger partial charge in [0.1, 0.15) is 0 Å². The SMILES string of the molecule is Cc1ccc(N2C(=O)N(Cc3cc(C)ccc3C)C3CS(=O)(=O)CC32)cc1. The van der Waals surface area contributed by atoms with Crippen LogP contribution in [0.1, 0.15) is 22.3 Å². The highest BCUT2D eigenvalue weighted by Crippen LogP contribution is 2.36. The van der Waals surface area contributed by atoms with Gasteiger partial charge in [0.25, 0.3) is 0 Å². The van der Waals surface area contributed by atoms with E-state index in [1.54, 1.807) is 9.80 Å². The molecule has 2 fully saturated rings. The van der Waals surface area contributed by atoms with Gasteiger partial charge in [-0.15, -0.1) is 0 Å². The van der Waals surface area contributed by atoms with Crippen LogP contribution in [0.4, 0.5) is 10.5 Å². The number of fused-ring (bicyclic) bond motifs is 1. The highest BCUT2D eigenvalue weighted by molar-refractivity contribution is 7.91. The number of anilines is 1. The molecule has 0 N–H and O–H groups in total. The summed E-state index contributed by atoms with van der Waals surface area (Å²) >= 11 is 0. The lowest BCUT2D eigenvalue weighted by atomic mass is 10.0. The summed E-state index contributed by atoms with van der Waals surface area (Å²) in [7, 11) is -3.16. The summed E-state index contributed by atoms with van der Waals surface area (Å²) in [5, 5.41) is 0. The van der Waals surface area contributed by atoms with E-state index in [0.717, 1.165) is 27.9 Å². The number of urea groups is 1. The molecular weight excluding hydrogens is 360 g/mol.